The highest BCUT2D eigenvalue weighted by atomic mass is 16.6. The molecule has 6 atom stereocenters. The van der Waals surface area contributed by atoms with E-state index in [-0.39, 0.29) is 31.4 Å². The number of carbonyl (C=O) groups excluding carboxylic acids is 7. The molecule has 19 nitrogen and oxygen atoms in total. The topological polar surface area (TPSA) is 268 Å². The fourth-order valence-corrected chi connectivity index (χ4v) is 10.5. The van der Waals surface area contributed by atoms with Crippen LogP contribution >= 0.6 is 0 Å². The molecule has 3 aromatic carbocycles. The minimum atomic E-state index is -1.05. The van der Waals surface area contributed by atoms with E-state index >= 15 is 0 Å². The van der Waals surface area contributed by atoms with Gasteiger partial charge in [-0.1, -0.05) is 119 Å². The number of likely N-dealkylation sites (tertiary alicyclic amines) is 1. The number of primary amides is 1. The van der Waals surface area contributed by atoms with Crippen molar-refractivity contribution in [1.82, 2.24) is 46.8 Å². The minimum absolute atomic E-state index is 0.0946. The molecule has 1 aromatic heterocycles. The highest BCUT2D eigenvalue weighted by molar-refractivity contribution is 6.04. The van der Waals surface area contributed by atoms with E-state index in [0.717, 1.165) is 61.1 Å². The minimum Gasteiger partial charge on any atom is -0.445 e. The van der Waals surface area contributed by atoms with Gasteiger partial charge in [0, 0.05) is 19.6 Å². The van der Waals surface area contributed by atoms with E-state index in [4.69, 9.17) is 20.2 Å². The van der Waals surface area contributed by atoms with E-state index in [1.807, 2.05) is 78.9 Å². The molecule has 6 rings (SSSR count). The number of aromatic amines is 1. The molecule has 4 aromatic rings. The van der Waals surface area contributed by atoms with E-state index < -0.39 is 83.0 Å². The van der Waals surface area contributed by atoms with Crippen molar-refractivity contribution in [2.75, 3.05) is 26.2 Å². The predicted octanol–water partition coefficient (Wildman–Crippen LogP) is 7.59. The Balaban J connectivity index is 1.09. The number of fused-ring (bicyclic) bond motifs is 1. The van der Waals surface area contributed by atoms with Crippen molar-refractivity contribution in [2.24, 2.45) is 23.5 Å². The number of para-hydroxylation sites is 1. The predicted molar refractivity (Wildman–Crippen MR) is 308 cm³/mol. The molecule has 0 spiro atoms. The van der Waals surface area contributed by atoms with Crippen LogP contribution in [0.2, 0.25) is 0 Å². The quantitative estimate of drug-likeness (QED) is 0.0203. The lowest BCUT2D eigenvalue weighted by atomic mass is 9.89. The van der Waals surface area contributed by atoms with Crippen LogP contribution in [0.25, 0.3) is 11.0 Å². The highest BCUT2D eigenvalue weighted by Crippen LogP contribution is 2.36. The van der Waals surface area contributed by atoms with E-state index in [2.05, 4.69) is 50.7 Å². The number of nitrogens with two attached hydrogens (primary N) is 1. The fraction of sp³-hybridized carbons (Fsp3) is 0.541. The molecule has 0 bridgehead atoms. The molecule has 434 valence electrons. The third-order valence-electron chi connectivity index (χ3n) is 14.5. The van der Waals surface area contributed by atoms with Gasteiger partial charge in [-0.2, -0.15) is 0 Å². The zero-order valence-electron chi connectivity index (χ0n) is 47.9. The Kier molecular flexibility index (Phi) is 23.1. The molecule has 80 heavy (non-hydrogen) atoms. The Labute approximate surface area is 471 Å². The summed E-state index contributed by atoms with van der Waals surface area (Å²) in [5.74, 6) is -2.29. The maximum absolute atomic E-state index is 14.7. The van der Waals surface area contributed by atoms with Gasteiger partial charge in [-0.25, -0.2) is 14.6 Å². The first kappa shape index (κ1) is 61.9. The van der Waals surface area contributed by atoms with Crippen molar-refractivity contribution >= 4 is 52.8 Å². The van der Waals surface area contributed by atoms with Crippen LogP contribution in [0.3, 0.4) is 0 Å². The molecule has 1 unspecified atom stereocenters. The second-order valence-corrected chi connectivity index (χ2v) is 23.0. The average Bonchev–Trinajstić information content (AvgIpc) is 4.37. The summed E-state index contributed by atoms with van der Waals surface area (Å²) in [6.07, 6.45) is 9.82. The molecule has 0 radical (unpaired) electrons. The molecule has 0 saturated carbocycles. The summed E-state index contributed by atoms with van der Waals surface area (Å²) >= 11 is 0. The van der Waals surface area contributed by atoms with E-state index in [9.17, 15) is 33.6 Å². The van der Waals surface area contributed by atoms with Gasteiger partial charge in [0.1, 0.15) is 41.7 Å². The summed E-state index contributed by atoms with van der Waals surface area (Å²) in [7, 11) is 0. The Morgan fingerprint density at radius 1 is 0.800 bits per heavy atom. The molecule has 9 N–H and O–H groups in total. The fourth-order valence-electron chi connectivity index (χ4n) is 10.5. The largest absolute Gasteiger partial charge is 0.445 e. The number of aromatic nitrogens is 2. The van der Waals surface area contributed by atoms with Gasteiger partial charge in [-0.3, -0.25) is 24.0 Å². The van der Waals surface area contributed by atoms with E-state index in [1.165, 1.54) is 0 Å². The number of imidazole rings is 1. The first-order chi connectivity index (χ1) is 38.2. The number of ether oxygens (including phenoxy) is 2. The van der Waals surface area contributed by atoms with Crippen molar-refractivity contribution in [3.63, 3.8) is 0 Å². The summed E-state index contributed by atoms with van der Waals surface area (Å²) in [6.45, 7) is 14.9. The molecule has 2 aliphatic heterocycles. The van der Waals surface area contributed by atoms with Crippen molar-refractivity contribution in [3.8, 4) is 0 Å². The molecule has 2 fully saturated rings. The van der Waals surface area contributed by atoms with Crippen LogP contribution in [0.5, 0.6) is 0 Å². The van der Waals surface area contributed by atoms with Crippen molar-refractivity contribution in [1.29, 1.82) is 0 Å². The number of amides is 7. The van der Waals surface area contributed by atoms with Gasteiger partial charge in [0.15, 0.2) is 0 Å². The first-order valence-electron chi connectivity index (χ1n) is 28.6. The van der Waals surface area contributed by atoms with Gasteiger partial charge in [-0.15, -0.1) is 0 Å². The van der Waals surface area contributed by atoms with E-state index in [1.54, 1.807) is 51.7 Å². The molecule has 2 saturated heterocycles. The zero-order valence-corrected chi connectivity index (χ0v) is 47.9. The van der Waals surface area contributed by atoms with Gasteiger partial charge < -0.3 is 57.0 Å². The van der Waals surface area contributed by atoms with Crippen molar-refractivity contribution < 1.29 is 43.0 Å². The highest BCUT2D eigenvalue weighted by Gasteiger charge is 2.40. The van der Waals surface area contributed by atoms with Crippen LogP contribution in [-0.4, -0.2) is 113 Å². The van der Waals surface area contributed by atoms with Gasteiger partial charge in [0.25, 0.3) is 5.91 Å². The van der Waals surface area contributed by atoms with Crippen LogP contribution in [-0.2, 0) is 47.2 Å². The summed E-state index contributed by atoms with van der Waals surface area (Å²) in [4.78, 5) is 105. The zero-order chi connectivity index (χ0) is 57.8. The molecule has 19 heteroatoms. The maximum Gasteiger partial charge on any atom is 0.408 e. The first-order valence-corrected chi connectivity index (χ1v) is 28.6. The molecule has 2 aliphatic rings. The molecule has 3 heterocycles. The summed E-state index contributed by atoms with van der Waals surface area (Å²) in [6, 6.07) is 20.9. The Bertz CT molecular complexity index is 2720. The second kappa shape index (κ2) is 29.8. The third kappa shape index (κ3) is 18.7. The molecular weight excluding hydrogens is 1020 g/mol. The number of unbranched alkanes of at least 4 members (excludes halogenated alkanes) is 2. The Morgan fingerprint density at radius 2 is 1.51 bits per heavy atom. The number of alkyl carbamates (subject to hydrolysis) is 2. The lowest BCUT2D eigenvalue weighted by Crippen LogP contribution is -2.58. The van der Waals surface area contributed by atoms with Crippen LogP contribution in [0.1, 0.15) is 146 Å². The number of H-pyrrole nitrogens is 1. The van der Waals surface area contributed by atoms with Crippen LogP contribution in [0, 0.1) is 17.8 Å². The Hall–Kier alpha value is -7.28. The second-order valence-electron chi connectivity index (χ2n) is 23.0. The van der Waals surface area contributed by atoms with Crippen LogP contribution in [0.4, 0.5) is 9.59 Å². The Morgan fingerprint density at radius 3 is 2.17 bits per heavy atom. The summed E-state index contributed by atoms with van der Waals surface area (Å²) in [5.41, 5.74) is 8.00. The molecular formula is C61H86N10O9. The number of hydrogen-bond acceptors (Lipinski definition) is 11. The molecule has 7 amide bonds. The lowest BCUT2D eigenvalue weighted by molar-refractivity contribution is -0.141. The number of nitrogens with zero attached hydrogens (tertiary/aromatic N) is 2. The SMILES string of the molecule is CC(C)C[C@@H](/C=C/[C@H](Cc1ccccc1)C(=O)N1CCC[C@H]1C(=O)N[C@H](C(=O)N[C@@H](CCCNC(=O)OCc1ccccc1)C(=O)NCCCCCC1(c2nc3c(C(N)=O)cccc3[nH]2)CCCN1)C(C)C)NC(=O)OC(C)(C)C. The smallest absolute Gasteiger partial charge is 0.408 e. The maximum atomic E-state index is 14.7. The van der Waals surface area contributed by atoms with Crippen molar-refractivity contribution in [3.05, 3.63) is 114 Å². The molecule has 0 aliphatic carbocycles. The average molecular weight is 1100 g/mol. The third-order valence-corrected chi connectivity index (χ3v) is 14.5. The van der Waals surface area contributed by atoms with E-state index in [0.29, 0.717) is 62.7 Å². The summed E-state index contributed by atoms with van der Waals surface area (Å²) in [5, 5.41) is 18.2. The number of nitrogens with one attached hydrogen (secondary N) is 7. The summed E-state index contributed by atoms with van der Waals surface area (Å²) < 4.78 is 10.9. The number of benzene rings is 3. The standard InChI is InChI=1S/C61H86N10O9/c1-40(2)37-45(66-59(78)80-60(5,6)7)30-29-44(38-42-21-11-8-12-22-42)56(76)71-36-19-28-49(71)54(74)69-50(41(3)4)55(75)67-48(27-18-34-64-58(77)79-39-43-23-13-9-14-24-43)53(73)63-33-16-10-15-31-61(32-20-35-65-61)57-68-47-26-17-25-46(52(62)72)51(47)70-57/h8-9,11-14,17,21-26,29-30,40-41,44-45,48-50,65H,10,15-16,18-20,27-28,31-39H2,1-7H3,(H2,62,72)(H,63,73)(H,64,77)(H,66,78)(H,67,75)(H,68,70)(H,69,74)/b30-29+/t44-,45-,48+,49+,50+,61?/m1/s1. The van der Waals surface area contributed by atoms with Crippen LogP contribution in [0.15, 0.2) is 91.0 Å². The normalized spacial score (nSPS) is 17.9. The lowest BCUT2D eigenvalue weighted by Gasteiger charge is -2.30. The van der Waals surface area contributed by atoms with Crippen molar-refractivity contribution in [2.45, 2.75) is 167 Å². The van der Waals surface area contributed by atoms with Gasteiger partial charge >= 0.3 is 12.2 Å². The van der Waals surface area contributed by atoms with Gasteiger partial charge in [-0.05, 0) is 127 Å². The van der Waals surface area contributed by atoms with Gasteiger partial charge in [0.2, 0.25) is 23.6 Å². The van der Waals surface area contributed by atoms with Gasteiger partial charge in [0.05, 0.1) is 28.6 Å². The van der Waals surface area contributed by atoms with Crippen LogP contribution < -0.4 is 37.6 Å². The number of rotatable bonds is 28. The number of hydrogen-bond donors (Lipinski definition) is 8. The monoisotopic (exact) mass is 1100 g/mol. The number of carbonyl (C=O) groups is 7.